The number of ether oxygens (including phenoxy) is 1. The molecule has 1 aliphatic carbocycles. The van der Waals surface area contributed by atoms with E-state index in [9.17, 15) is 14.3 Å². The van der Waals surface area contributed by atoms with E-state index in [2.05, 4.69) is 10.6 Å². The Morgan fingerprint density at radius 1 is 1.48 bits per heavy atom. The van der Waals surface area contributed by atoms with Crippen LogP contribution in [0.2, 0.25) is 0 Å². The van der Waals surface area contributed by atoms with Crippen molar-refractivity contribution in [2.45, 2.75) is 45.2 Å². The maximum absolute atomic E-state index is 12.8. The summed E-state index contributed by atoms with van der Waals surface area (Å²) >= 11 is 0. The third-order valence-electron chi connectivity index (χ3n) is 4.44. The van der Waals surface area contributed by atoms with Gasteiger partial charge in [-0.15, -0.1) is 0 Å². The van der Waals surface area contributed by atoms with Crippen LogP contribution in [0.3, 0.4) is 0 Å². The molecule has 2 rings (SSSR count). The van der Waals surface area contributed by atoms with Gasteiger partial charge in [0.25, 0.3) is 0 Å². The number of aliphatic hydroxyl groups excluding tert-OH is 1. The van der Waals surface area contributed by atoms with E-state index in [-0.39, 0.29) is 36.0 Å². The topological polar surface area (TPSA) is 70.6 Å². The number of nitrogens with one attached hydrogen (secondary N) is 2. The van der Waals surface area contributed by atoms with Gasteiger partial charge in [0.1, 0.15) is 18.2 Å². The molecule has 0 aliphatic heterocycles. The molecule has 3 atom stereocenters. The lowest BCUT2D eigenvalue weighted by molar-refractivity contribution is 0.120. The summed E-state index contributed by atoms with van der Waals surface area (Å²) in [6, 6.07) is 5.29. The van der Waals surface area contributed by atoms with Gasteiger partial charge in [0.05, 0.1) is 12.6 Å². The van der Waals surface area contributed by atoms with Crippen LogP contribution in [0.15, 0.2) is 24.3 Å². The third-order valence-corrected chi connectivity index (χ3v) is 4.44. The van der Waals surface area contributed by atoms with Gasteiger partial charge in [-0.1, -0.05) is 13.3 Å². The Labute approximate surface area is 136 Å². The number of rotatable bonds is 6. The van der Waals surface area contributed by atoms with Crippen LogP contribution < -0.4 is 15.4 Å². The zero-order valence-electron chi connectivity index (χ0n) is 13.6. The minimum Gasteiger partial charge on any atom is -0.491 e. The molecule has 128 valence electrons. The third kappa shape index (κ3) is 4.82. The molecule has 1 fully saturated rings. The Bertz CT molecular complexity index is 523. The first-order valence-electron chi connectivity index (χ1n) is 7.99. The van der Waals surface area contributed by atoms with Crippen LogP contribution in [0.1, 0.15) is 33.1 Å². The average molecular weight is 324 g/mol. The molecule has 0 radical (unpaired) electrons. The highest BCUT2D eigenvalue weighted by molar-refractivity contribution is 5.74. The fraction of sp³-hybridized carbons (Fsp3) is 0.588. The lowest BCUT2D eigenvalue weighted by Crippen LogP contribution is -2.51. The minimum atomic E-state index is -0.314. The number of hydrogen-bond acceptors (Lipinski definition) is 3. The maximum Gasteiger partial charge on any atom is 0.315 e. The Morgan fingerprint density at radius 2 is 2.17 bits per heavy atom. The van der Waals surface area contributed by atoms with Gasteiger partial charge in [0, 0.05) is 11.5 Å². The van der Waals surface area contributed by atoms with Crippen molar-refractivity contribution in [2.75, 3.05) is 13.2 Å². The number of carbonyl (C=O) groups excluding carboxylic acids is 1. The second-order valence-electron chi connectivity index (χ2n) is 6.54. The summed E-state index contributed by atoms with van der Waals surface area (Å²) in [5, 5.41) is 15.3. The highest BCUT2D eigenvalue weighted by Gasteiger charge is 2.39. The summed E-state index contributed by atoms with van der Waals surface area (Å²) in [7, 11) is 0. The van der Waals surface area contributed by atoms with Gasteiger partial charge < -0.3 is 20.5 Å². The van der Waals surface area contributed by atoms with E-state index < -0.39 is 0 Å². The molecular formula is C17H25FN2O3. The molecule has 1 aromatic rings. The minimum absolute atomic E-state index is 0.0160. The lowest BCUT2D eigenvalue weighted by Gasteiger charge is -2.30. The standard InChI is InChI=1S/C17H25FN2O3/c1-12(10-23-14-7-5-13(18)6-8-14)19-16(22)20-15-4-3-9-17(15,2)11-21/h5-8,12,15,21H,3-4,9-11H2,1-2H3,(H2,19,20,22). The van der Waals surface area contributed by atoms with Gasteiger partial charge in [-0.2, -0.15) is 0 Å². The highest BCUT2D eigenvalue weighted by atomic mass is 19.1. The smallest absolute Gasteiger partial charge is 0.315 e. The van der Waals surface area contributed by atoms with Crippen LogP contribution in [0.25, 0.3) is 0 Å². The second kappa shape index (κ2) is 7.64. The van der Waals surface area contributed by atoms with Crippen molar-refractivity contribution in [3.8, 4) is 5.75 Å². The van der Waals surface area contributed by atoms with Gasteiger partial charge in [0.15, 0.2) is 0 Å². The van der Waals surface area contributed by atoms with E-state index >= 15 is 0 Å². The summed E-state index contributed by atoms with van der Waals surface area (Å²) in [6.45, 7) is 4.19. The fourth-order valence-electron chi connectivity index (χ4n) is 2.89. The first-order chi connectivity index (χ1) is 10.9. The summed E-state index contributed by atoms with van der Waals surface area (Å²) < 4.78 is 18.3. The SMILES string of the molecule is CC(COc1ccc(F)cc1)NC(=O)NC1CCCC1(C)CO. The number of benzene rings is 1. The molecular weight excluding hydrogens is 299 g/mol. The van der Waals surface area contributed by atoms with Crippen molar-refractivity contribution in [2.24, 2.45) is 5.41 Å². The number of halogens is 1. The zero-order chi connectivity index (χ0) is 16.9. The van der Waals surface area contributed by atoms with Gasteiger partial charge in [-0.25, -0.2) is 9.18 Å². The molecule has 23 heavy (non-hydrogen) atoms. The van der Waals surface area contributed by atoms with E-state index in [1.807, 2.05) is 13.8 Å². The highest BCUT2D eigenvalue weighted by Crippen LogP contribution is 2.37. The molecule has 0 bridgehead atoms. The monoisotopic (exact) mass is 324 g/mol. The van der Waals surface area contributed by atoms with Gasteiger partial charge in [0.2, 0.25) is 0 Å². The predicted octanol–water partition coefficient (Wildman–Crippen LogP) is 2.44. The molecule has 0 saturated heterocycles. The largest absolute Gasteiger partial charge is 0.491 e. The number of aliphatic hydroxyl groups is 1. The molecule has 2 amide bonds. The Balaban J connectivity index is 1.75. The van der Waals surface area contributed by atoms with E-state index in [1.54, 1.807) is 12.1 Å². The van der Waals surface area contributed by atoms with Crippen LogP contribution in [0, 0.1) is 11.2 Å². The van der Waals surface area contributed by atoms with Crippen molar-refractivity contribution >= 4 is 6.03 Å². The molecule has 0 spiro atoms. The summed E-state index contributed by atoms with van der Waals surface area (Å²) in [5.74, 6) is 0.246. The number of carbonyl (C=O) groups is 1. The number of urea groups is 1. The molecule has 1 saturated carbocycles. The summed E-state index contributed by atoms with van der Waals surface area (Å²) in [4.78, 5) is 12.1. The van der Waals surface area contributed by atoms with Crippen LogP contribution in [0.4, 0.5) is 9.18 Å². The summed E-state index contributed by atoms with van der Waals surface area (Å²) in [5.41, 5.74) is -0.245. The number of amides is 2. The van der Waals surface area contributed by atoms with Crippen molar-refractivity contribution in [1.29, 1.82) is 0 Å². The Kier molecular flexibility index (Phi) is 5.82. The van der Waals surface area contributed by atoms with Gasteiger partial charge >= 0.3 is 6.03 Å². The predicted molar refractivity (Wildman–Crippen MR) is 85.9 cm³/mol. The molecule has 1 aromatic carbocycles. The van der Waals surface area contributed by atoms with Crippen molar-refractivity contribution in [3.63, 3.8) is 0 Å². The Morgan fingerprint density at radius 3 is 2.83 bits per heavy atom. The molecule has 1 aliphatic rings. The normalized spacial score (nSPS) is 25.0. The Hall–Kier alpha value is -1.82. The van der Waals surface area contributed by atoms with E-state index in [4.69, 9.17) is 4.74 Å². The quantitative estimate of drug-likeness (QED) is 0.753. The fourth-order valence-corrected chi connectivity index (χ4v) is 2.89. The van der Waals surface area contributed by atoms with Crippen molar-refractivity contribution in [1.82, 2.24) is 10.6 Å². The molecule has 3 unspecified atom stereocenters. The molecule has 5 nitrogen and oxygen atoms in total. The van der Waals surface area contributed by atoms with Gasteiger partial charge in [-0.3, -0.25) is 0 Å². The second-order valence-corrected chi connectivity index (χ2v) is 6.54. The van der Waals surface area contributed by atoms with Gasteiger partial charge in [-0.05, 0) is 44.0 Å². The molecule has 6 heteroatoms. The molecule has 0 heterocycles. The number of hydrogen-bond donors (Lipinski definition) is 3. The van der Waals surface area contributed by atoms with Crippen LogP contribution >= 0.6 is 0 Å². The van der Waals surface area contributed by atoms with Crippen molar-refractivity contribution < 1.29 is 19.0 Å². The lowest BCUT2D eigenvalue weighted by atomic mass is 9.86. The van der Waals surface area contributed by atoms with E-state index in [0.29, 0.717) is 12.4 Å². The van der Waals surface area contributed by atoms with Crippen LogP contribution in [0.5, 0.6) is 5.75 Å². The molecule has 0 aromatic heterocycles. The maximum atomic E-state index is 12.8. The zero-order valence-corrected chi connectivity index (χ0v) is 13.6. The first kappa shape index (κ1) is 17.5. The van der Waals surface area contributed by atoms with E-state index in [0.717, 1.165) is 19.3 Å². The van der Waals surface area contributed by atoms with Crippen LogP contribution in [-0.2, 0) is 0 Å². The summed E-state index contributed by atoms with van der Waals surface area (Å²) in [6.07, 6.45) is 2.80. The molecule has 3 N–H and O–H groups in total. The van der Waals surface area contributed by atoms with Crippen molar-refractivity contribution in [3.05, 3.63) is 30.1 Å². The van der Waals surface area contributed by atoms with Crippen LogP contribution in [-0.4, -0.2) is 36.4 Å². The van der Waals surface area contributed by atoms with E-state index in [1.165, 1.54) is 12.1 Å². The average Bonchev–Trinajstić information content (AvgIpc) is 2.88. The first-order valence-corrected chi connectivity index (χ1v) is 7.99.